The van der Waals surface area contributed by atoms with Gasteiger partial charge in [-0.05, 0) is 43.5 Å². The molecule has 2 N–H and O–H groups in total. The summed E-state index contributed by atoms with van der Waals surface area (Å²) >= 11 is 12.1. The zero-order valence-corrected chi connectivity index (χ0v) is 11.0. The van der Waals surface area contributed by atoms with E-state index in [1.807, 2.05) is 12.1 Å². The van der Waals surface area contributed by atoms with Gasteiger partial charge < -0.3 is 5.73 Å². The van der Waals surface area contributed by atoms with Gasteiger partial charge in [0.1, 0.15) is 0 Å². The van der Waals surface area contributed by atoms with Crippen LogP contribution in [0.4, 0.5) is 0 Å². The van der Waals surface area contributed by atoms with Gasteiger partial charge in [-0.15, -0.1) is 0 Å². The average molecular weight is 258 g/mol. The first kappa shape index (κ1) is 12.2. The van der Waals surface area contributed by atoms with E-state index in [1.54, 1.807) is 6.07 Å². The number of rotatable bonds is 2. The SMILES string of the molecule is CC(N)C1(c2cc(Cl)cc(Cl)c2)CCCC1. The summed E-state index contributed by atoms with van der Waals surface area (Å²) in [6, 6.07) is 5.95. The summed E-state index contributed by atoms with van der Waals surface area (Å²) < 4.78 is 0. The first-order chi connectivity index (χ1) is 7.54. The maximum Gasteiger partial charge on any atom is 0.0423 e. The molecule has 0 aliphatic heterocycles. The highest BCUT2D eigenvalue weighted by molar-refractivity contribution is 6.34. The summed E-state index contributed by atoms with van der Waals surface area (Å²) in [5.41, 5.74) is 7.46. The Labute approximate surface area is 107 Å². The summed E-state index contributed by atoms with van der Waals surface area (Å²) in [5, 5.41) is 1.41. The van der Waals surface area contributed by atoms with Gasteiger partial charge in [0.25, 0.3) is 0 Å². The molecule has 1 aliphatic rings. The van der Waals surface area contributed by atoms with Crippen LogP contribution in [-0.4, -0.2) is 6.04 Å². The lowest BCUT2D eigenvalue weighted by Crippen LogP contribution is -2.41. The molecule has 16 heavy (non-hydrogen) atoms. The predicted molar refractivity (Wildman–Crippen MR) is 70.3 cm³/mol. The van der Waals surface area contributed by atoms with Gasteiger partial charge in [0.15, 0.2) is 0 Å². The fraction of sp³-hybridized carbons (Fsp3) is 0.538. The molecule has 0 amide bonds. The highest BCUT2D eigenvalue weighted by Crippen LogP contribution is 2.44. The number of hydrogen-bond acceptors (Lipinski definition) is 1. The van der Waals surface area contributed by atoms with E-state index in [2.05, 4.69) is 6.92 Å². The van der Waals surface area contributed by atoms with Crippen LogP contribution in [0.2, 0.25) is 10.0 Å². The van der Waals surface area contributed by atoms with E-state index in [-0.39, 0.29) is 11.5 Å². The molecule has 0 heterocycles. The molecule has 1 nitrogen and oxygen atoms in total. The van der Waals surface area contributed by atoms with E-state index in [9.17, 15) is 0 Å². The number of nitrogens with two attached hydrogens (primary N) is 1. The van der Waals surface area contributed by atoms with Crippen molar-refractivity contribution >= 4 is 23.2 Å². The van der Waals surface area contributed by atoms with Crippen molar-refractivity contribution in [1.82, 2.24) is 0 Å². The molecule has 0 spiro atoms. The van der Waals surface area contributed by atoms with E-state index in [1.165, 1.54) is 18.4 Å². The van der Waals surface area contributed by atoms with Crippen LogP contribution >= 0.6 is 23.2 Å². The minimum atomic E-state index is 0.0779. The molecule has 1 aromatic rings. The van der Waals surface area contributed by atoms with Gasteiger partial charge in [0.2, 0.25) is 0 Å². The van der Waals surface area contributed by atoms with Crippen LogP contribution in [0, 0.1) is 0 Å². The van der Waals surface area contributed by atoms with Crippen molar-refractivity contribution in [3.05, 3.63) is 33.8 Å². The van der Waals surface area contributed by atoms with Crippen molar-refractivity contribution in [2.75, 3.05) is 0 Å². The van der Waals surface area contributed by atoms with E-state index in [0.717, 1.165) is 12.8 Å². The van der Waals surface area contributed by atoms with Gasteiger partial charge in [-0.1, -0.05) is 36.0 Å². The van der Waals surface area contributed by atoms with E-state index >= 15 is 0 Å². The molecule has 1 saturated carbocycles. The van der Waals surface area contributed by atoms with Crippen LogP contribution in [-0.2, 0) is 5.41 Å². The van der Waals surface area contributed by atoms with E-state index in [4.69, 9.17) is 28.9 Å². The van der Waals surface area contributed by atoms with Gasteiger partial charge in [0.05, 0.1) is 0 Å². The van der Waals surface area contributed by atoms with E-state index < -0.39 is 0 Å². The van der Waals surface area contributed by atoms with Crippen molar-refractivity contribution in [1.29, 1.82) is 0 Å². The lowest BCUT2D eigenvalue weighted by atomic mass is 9.74. The van der Waals surface area contributed by atoms with Crippen LogP contribution in [0.5, 0.6) is 0 Å². The Kier molecular flexibility index (Phi) is 3.48. The maximum atomic E-state index is 6.18. The van der Waals surface area contributed by atoms with Crippen LogP contribution in [0.3, 0.4) is 0 Å². The minimum absolute atomic E-state index is 0.0779. The van der Waals surface area contributed by atoms with Crippen LogP contribution in [0.15, 0.2) is 18.2 Å². The lowest BCUT2D eigenvalue weighted by molar-refractivity contribution is 0.368. The van der Waals surface area contributed by atoms with Gasteiger partial charge in [0, 0.05) is 21.5 Å². The third kappa shape index (κ3) is 2.09. The van der Waals surface area contributed by atoms with Gasteiger partial charge in [-0.3, -0.25) is 0 Å². The maximum absolute atomic E-state index is 6.18. The Hall–Kier alpha value is -0.240. The van der Waals surface area contributed by atoms with Gasteiger partial charge in [-0.25, -0.2) is 0 Å². The van der Waals surface area contributed by atoms with Crippen LogP contribution in [0.1, 0.15) is 38.2 Å². The zero-order chi connectivity index (χ0) is 11.8. The number of hydrogen-bond donors (Lipinski definition) is 1. The first-order valence-corrected chi connectivity index (χ1v) is 6.52. The molecule has 0 saturated heterocycles. The molecular formula is C13H17Cl2N. The molecule has 1 aliphatic carbocycles. The van der Waals surface area contributed by atoms with E-state index in [0.29, 0.717) is 10.0 Å². The molecule has 88 valence electrons. The zero-order valence-electron chi connectivity index (χ0n) is 9.47. The number of benzene rings is 1. The standard InChI is InChI=1S/C13H17Cl2N/c1-9(16)13(4-2-3-5-13)10-6-11(14)8-12(15)7-10/h6-9H,2-5,16H2,1H3. The lowest BCUT2D eigenvalue weighted by Gasteiger charge is -2.34. The summed E-state index contributed by atoms with van der Waals surface area (Å²) in [6.07, 6.45) is 4.76. The second-order valence-corrected chi connectivity index (χ2v) is 5.68. The molecule has 0 aromatic heterocycles. The second kappa shape index (κ2) is 4.56. The molecule has 0 bridgehead atoms. The molecule has 2 rings (SSSR count). The van der Waals surface area contributed by atoms with Crippen molar-refractivity contribution in [3.8, 4) is 0 Å². The predicted octanol–water partition coefficient (Wildman–Crippen LogP) is 4.15. The second-order valence-electron chi connectivity index (χ2n) is 4.81. The summed E-state index contributed by atoms with van der Waals surface area (Å²) in [6.45, 7) is 2.08. The Morgan fingerprint density at radius 1 is 1.12 bits per heavy atom. The minimum Gasteiger partial charge on any atom is -0.327 e. The fourth-order valence-electron chi connectivity index (χ4n) is 2.85. The molecule has 1 unspecified atom stereocenters. The van der Waals surface area contributed by atoms with Crippen molar-refractivity contribution in [2.45, 2.75) is 44.1 Å². The van der Waals surface area contributed by atoms with Crippen molar-refractivity contribution < 1.29 is 0 Å². The largest absolute Gasteiger partial charge is 0.327 e. The molecule has 1 aromatic carbocycles. The van der Waals surface area contributed by atoms with Crippen LogP contribution < -0.4 is 5.73 Å². The highest BCUT2D eigenvalue weighted by atomic mass is 35.5. The Morgan fingerprint density at radius 3 is 2.06 bits per heavy atom. The van der Waals surface area contributed by atoms with Gasteiger partial charge in [-0.2, -0.15) is 0 Å². The number of halogens is 2. The van der Waals surface area contributed by atoms with Crippen molar-refractivity contribution in [2.24, 2.45) is 5.73 Å². The highest BCUT2D eigenvalue weighted by Gasteiger charge is 2.39. The monoisotopic (exact) mass is 257 g/mol. The molecule has 3 heteroatoms. The first-order valence-electron chi connectivity index (χ1n) is 5.77. The smallest absolute Gasteiger partial charge is 0.0423 e. The normalized spacial score (nSPS) is 21.0. The quantitative estimate of drug-likeness (QED) is 0.847. The summed E-state index contributed by atoms with van der Waals surface area (Å²) in [4.78, 5) is 0. The molecular weight excluding hydrogens is 241 g/mol. The molecule has 1 atom stereocenters. The van der Waals surface area contributed by atoms with Crippen molar-refractivity contribution in [3.63, 3.8) is 0 Å². The molecule has 0 radical (unpaired) electrons. The summed E-state index contributed by atoms with van der Waals surface area (Å²) in [5.74, 6) is 0. The average Bonchev–Trinajstić information content (AvgIpc) is 2.65. The topological polar surface area (TPSA) is 26.0 Å². The third-order valence-corrected chi connectivity index (χ3v) is 4.24. The Bertz CT molecular complexity index is 361. The van der Waals surface area contributed by atoms with Crippen LogP contribution in [0.25, 0.3) is 0 Å². The fourth-order valence-corrected chi connectivity index (χ4v) is 3.38. The molecule has 1 fully saturated rings. The Balaban J connectivity index is 2.47. The van der Waals surface area contributed by atoms with Gasteiger partial charge >= 0.3 is 0 Å². The summed E-state index contributed by atoms with van der Waals surface area (Å²) in [7, 11) is 0. The Morgan fingerprint density at radius 2 is 1.62 bits per heavy atom. The third-order valence-electron chi connectivity index (χ3n) is 3.80.